The topological polar surface area (TPSA) is 53.6 Å². The Balaban J connectivity index is 1.59. The van der Waals surface area contributed by atoms with Crippen molar-refractivity contribution >= 4 is 0 Å². The fourth-order valence-electron chi connectivity index (χ4n) is 3.06. The van der Waals surface area contributed by atoms with Crippen LogP contribution >= 0.6 is 0 Å². The van der Waals surface area contributed by atoms with Crippen LogP contribution in [0.25, 0.3) is 11.1 Å². The largest absolute Gasteiger partial charge is 0.306 e. The maximum Gasteiger partial charge on any atom is 0.137 e. The SMILES string of the molecule is c1ccc2c(c1)-c1ccccc1C2NCCc1ncn[nH]1. The Kier molecular flexibility index (Phi) is 3.01. The number of hydrogen-bond acceptors (Lipinski definition) is 3. The summed E-state index contributed by atoms with van der Waals surface area (Å²) in [7, 11) is 0. The Bertz CT molecular complexity index is 703. The number of aromatic nitrogens is 3. The van der Waals surface area contributed by atoms with E-state index in [-0.39, 0.29) is 6.04 Å². The van der Waals surface area contributed by atoms with E-state index >= 15 is 0 Å². The van der Waals surface area contributed by atoms with Crippen LogP contribution in [0.5, 0.6) is 0 Å². The summed E-state index contributed by atoms with van der Waals surface area (Å²) >= 11 is 0. The zero-order valence-corrected chi connectivity index (χ0v) is 11.6. The van der Waals surface area contributed by atoms with E-state index in [0.717, 1.165) is 18.8 Å². The predicted molar refractivity (Wildman–Crippen MR) is 81.8 cm³/mol. The van der Waals surface area contributed by atoms with Gasteiger partial charge in [0.1, 0.15) is 12.2 Å². The van der Waals surface area contributed by atoms with Crippen LogP contribution < -0.4 is 5.32 Å². The van der Waals surface area contributed by atoms with E-state index in [2.05, 4.69) is 69.0 Å². The van der Waals surface area contributed by atoms with Gasteiger partial charge in [-0.1, -0.05) is 48.5 Å². The van der Waals surface area contributed by atoms with E-state index < -0.39 is 0 Å². The molecule has 0 spiro atoms. The number of hydrogen-bond donors (Lipinski definition) is 2. The second kappa shape index (κ2) is 5.14. The van der Waals surface area contributed by atoms with E-state index in [1.165, 1.54) is 22.3 Å². The van der Waals surface area contributed by atoms with Crippen LogP contribution in [0.3, 0.4) is 0 Å². The number of nitrogens with zero attached hydrogens (tertiary/aromatic N) is 2. The molecule has 3 aromatic rings. The summed E-state index contributed by atoms with van der Waals surface area (Å²) in [5.41, 5.74) is 5.39. The van der Waals surface area contributed by atoms with Gasteiger partial charge in [0, 0.05) is 13.0 Å². The first-order valence-corrected chi connectivity index (χ1v) is 7.19. The summed E-state index contributed by atoms with van der Waals surface area (Å²) in [5.74, 6) is 0.919. The van der Waals surface area contributed by atoms with Crippen LogP contribution in [0.1, 0.15) is 23.0 Å². The van der Waals surface area contributed by atoms with E-state index in [0.29, 0.717) is 0 Å². The van der Waals surface area contributed by atoms with Gasteiger partial charge in [0.25, 0.3) is 0 Å². The molecule has 0 aliphatic heterocycles. The highest BCUT2D eigenvalue weighted by molar-refractivity contribution is 5.78. The monoisotopic (exact) mass is 276 g/mol. The molecule has 2 N–H and O–H groups in total. The minimum absolute atomic E-state index is 0.264. The smallest absolute Gasteiger partial charge is 0.137 e. The van der Waals surface area contributed by atoms with Crippen LogP contribution in [0.4, 0.5) is 0 Å². The fraction of sp³-hybridized carbons (Fsp3) is 0.176. The van der Waals surface area contributed by atoms with Crippen molar-refractivity contribution in [2.75, 3.05) is 6.54 Å². The van der Waals surface area contributed by atoms with Gasteiger partial charge in [0.15, 0.2) is 0 Å². The van der Waals surface area contributed by atoms with E-state index in [4.69, 9.17) is 0 Å². The highest BCUT2D eigenvalue weighted by atomic mass is 15.2. The lowest BCUT2D eigenvalue weighted by Gasteiger charge is -2.15. The molecule has 1 aromatic heterocycles. The molecule has 21 heavy (non-hydrogen) atoms. The molecule has 0 amide bonds. The van der Waals surface area contributed by atoms with E-state index in [1.807, 2.05) is 0 Å². The molecule has 0 radical (unpaired) electrons. The lowest BCUT2D eigenvalue weighted by Crippen LogP contribution is -2.23. The van der Waals surface area contributed by atoms with Gasteiger partial charge in [-0.05, 0) is 22.3 Å². The number of rotatable bonds is 4. The van der Waals surface area contributed by atoms with Crippen molar-refractivity contribution in [3.8, 4) is 11.1 Å². The maximum absolute atomic E-state index is 4.16. The second-order valence-corrected chi connectivity index (χ2v) is 5.24. The van der Waals surface area contributed by atoms with Gasteiger partial charge >= 0.3 is 0 Å². The highest BCUT2D eigenvalue weighted by Gasteiger charge is 2.27. The summed E-state index contributed by atoms with van der Waals surface area (Å²) in [6.45, 7) is 0.864. The second-order valence-electron chi connectivity index (χ2n) is 5.24. The lowest BCUT2D eigenvalue weighted by molar-refractivity contribution is 0.607. The number of fused-ring (bicyclic) bond motifs is 3. The third kappa shape index (κ3) is 2.14. The van der Waals surface area contributed by atoms with Crippen molar-refractivity contribution in [3.63, 3.8) is 0 Å². The lowest BCUT2D eigenvalue weighted by atomic mass is 10.1. The molecule has 0 bridgehead atoms. The van der Waals surface area contributed by atoms with Gasteiger partial charge in [-0.2, -0.15) is 5.10 Å². The number of H-pyrrole nitrogens is 1. The first kappa shape index (κ1) is 12.3. The molecule has 4 rings (SSSR count). The summed E-state index contributed by atoms with van der Waals surface area (Å²) in [6, 6.07) is 17.5. The Morgan fingerprint density at radius 1 is 0.952 bits per heavy atom. The van der Waals surface area contributed by atoms with Crippen molar-refractivity contribution in [1.82, 2.24) is 20.5 Å². The minimum Gasteiger partial charge on any atom is -0.306 e. The van der Waals surface area contributed by atoms with Gasteiger partial charge < -0.3 is 5.32 Å². The number of nitrogens with one attached hydrogen (secondary N) is 2. The first-order valence-electron chi connectivity index (χ1n) is 7.19. The summed E-state index contributed by atoms with van der Waals surface area (Å²) in [5, 5.41) is 10.4. The molecule has 104 valence electrons. The van der Waals surface area contributed by atoms with E-state index in [1.54, 1.807) is 6.33 Å². The Labute approximate surface area is 123 Å². The van der Waals surface area contributed by atoms with Crippen LogP contribution in [-0.4, -0.2) is 21.7 Å². The summed E-state index contributed by atoms with van der Waals surface area (Å²) < 4.78 is 0. The molecule has 0 unspecified atom stereocenters. The standard InChI is InChI=1S/C17H16N4/c1-3-7-14-12(5-1)13-6-2-4-8-15(13)17(14)18-10-9-16-19-11-20-21-16/h1-8,11,17-18H,9-10H2,(H,19,20,21). The molecule has 4 nitrogen and oxygen atoms in total. The Morgan fingerprint density at radius 2 is 1.62 bits per heavy atom. The average molecular weight is 276 g/mol. The minimum atomic E-state index is 0.264. The average Bonchev–Trinajstić information content (AvgIpc) is 3.15. The van der Waals surface area contributed by atoms with Crippen molar-refractivity contribution < 1.29 is 0 Å². The normalized spacial score (nSPS) is 13.1. The van der Waals surface area contributed by atoms with Crippen LogP contribution in [-0.2, 0) is 6.42 Å². The van der Waals surface area contributed by atoms with Crippen LogP contribution in [0.2, 0.25) is 0 Å². The molecule has 1 aliphatic rings. The number of aromatic amines is 1. The van der Waals surface area contributed by atoms with Crippen LogP contribution in [0.15, 0.2) is 54.9 Å². The molecule has 0 saturated carbocycles. The Morgan fingerprint density at radius 3 is 2.24 bits per heavy atom. The molecule has 4 heteroatoms. The van der Waals surface area contributed by atoms with Gasteiger partial charge in [-0.25, -0.2) is 4.98 Å². The van der Waals surface area contributed by atoms with Crippen molar-refractivity contribution in [1.29, 1.82) is 0 Å². The van der Waals surface area contributed by atoms with Crippen molar-refractivity contribution in [2.24, 2.45) is 0 Å². The highest BCUT2D eigenvalue weighted by Crippen LogP contribution is 2.42. The molecule has 1 heterocycles. The van der Waals surface area contributed by atoms with E-state index in [9.17, 15) is 0 Å². The third-order valence-corrected chi connectivity index (χ3v) is 4.01. The van der Waals surface area contributed by atoms with Gasteiger partial charge in [0.05, 0.1) is 6.04 Å². The fourth-order valence-corrected chi connectivity index (χ4v) is 3.06. The van der Waals surface area contributed by atoms with Crippen molar-refractivity contribution in [2.45, 2.75) is 12.5 Å². The van der Waals surface area contributed by atoms with Gasteiger partial charge in [-0.3, -0.25) is 5.10 Å². The quantitative estimate of drug-likeness (QED) is 0.770. The zero-order chi connectivity index (χ0) is 14.1. The molecular weight excluding hydrogens is 260 g/mol. The predicted octanol–water partition coefficient (Wildman–Crippen LogP) is 2.71. The molecule has 0 saturated heterocycles. The van der Waals surface area contributed by atoms with Gasteiger partial charge in [-0.15, -0.1) is 0 Å². The molecular formula is C17H16N4. The molecule has 1 aliphatic carbocycles. The zero-order valence-electron chi connectivity index (χ0n) is 11.6. The molecule has 0 fully saturated rings. The van der Waals surface area contributed by atoms with Crippen LogP contribution in [0, 0.1) is 0 Å². The molecule has 0 atom stereocenters. The third-order valence-electron chi connectivity index (χ3n) is 4.01. The van der Waals surface area contributed by atoms with Crippen molar-refractivity contribution in [3.05, 3.63) is 71.8 Å². The van der Waals surface area contributed by atoms with Gasteiger partial charge in [0.2, 0.25) is 0 Å². The maximum atomic E-state index is 4.16. The first-order chi connectivity index (χ1) is 10.4. The Hall–Kier alpha value is -2.46. The number of benzene rings is 2. The molecule has 2 aromatic carbocycles. The summed E-state index contributed by atoms with van der Waals surface area (Å²) in [6.07, 6.45) is 2.40. The summed E-state index contributed by atoms with van der Waals surface area (Å²) in [4.78, 5) is 4.16.